The molecule has 0 atom stereocenters. The lowest BCUT2D eigenvalue weighted by Gasteiger charge is -2.12. The van der Waals surface area contributed by atoms with E-state index in [1.165, 1.54) is 10.7 Å². The number of aryl methyl sites for hydroxylation is 3. The zero-order chi connectivity index (χ0) is 14.0. The van der Waals surface area contributed by atoms with Crippen molar-refractivity contribution in [2.24, 2.45) is 0 Å². The highest BCUT2D eigenvalue weighted by Gasteiger charge is 2.08. The van der Waals surface area contributed by atoms with E-state index in [1.54, 1.807) is 19.1 Å². The molecule has 0 unspecified atom stereocenters. The molecule has 98 valence electrons. The summed E-state index contributed by atoms with van der Waals surface area (Å²) in [6.45, 7) is 5.58. The number of carbonyl (C=O) groups excluding carboxylic acids is 1. The number of carbonyl (C=O) groups is 1. The van der Waals surface area contributed by atoms with Gasteiger partial charge >= 0.3 is 0 Å². The molecule has 1 aromatic carbocycles. The van der Waals surface area contributed by atoms with Gasteiger partial charge in [-0.25, -0.2) is 4.68 Å². The summed E-state index contributed by atoms with van der Waals surface area (Å²) in [6.07, 6.45) is 0. The van der Waals surface area contributed by atoms with Gasteiger partial charge in [-0.1, -0.05) is 17.7 Å². The van der Waals surface area contributed by atoms with Crippen LogP contribution in [0.1, 0.15) is 27.2 Å². The average molecular weight is 256 g/mol. The first-order chi connectivity index (χ1) is 8.97. The van der Waals surface area contributed by atoms with Gasteiger partial charge in [0.2, 0.25) is 0 Å². The Labute approximate surface area is 111 Å². The van der Waals surface area contributed by atoms with E-state index in [9.17, 15) is 9.59 Å². The standard InChI is InChI=1S/C15H16N2O2/c1-10-4-6-13(7-5-10)15(19)16-17-12(3)8-11(2)9-14(17)18/h4-9H,1-3H3,(H,16,19). The van der Waals surface area contributed by atoms with Crippen LogP contribution >= 0.6 is 0 Å². The fourth-order valence-electron chi connectivity index (χ4n) is 1.88. The highest BCUT2D eigenvalue weighted by molar-refractivity contribution is 5.99. The lowest BCUT2D eigenvalue weighted by atomic mass is 10.1. The van der Waals surface area contributed by atoms with Crippen LogP contribution in [0, 0.1) is 20.8 Å². The second kappa shape index (κ2) is 5.10. The minimum absolute atomic E-state index is 0.238. The highest BCUT2D eigenvalue weighted by atomic mass is 16.2. The second-order valence-electron chi connectivity index (χ2n) is 4.65. The van der Waals surface area contributed by atoms with E-state index in [-0.39, 0.29) is 11.5 Å². The summed E-state index contributed by atoms with van der Waals surface area (Å²) in [7, 11) is 0. The maximum Gasteiger partial charge on any atom is 0.270 e. The largest absolute Gasteiger partial charge is 0.270 e. The van der Waals surface area contributed by atoms with E-state index < -0.39 is 0 Å². The molecule has 19 heavy (non-hydrogen) atoms. The van der Waals surface area contributed by atoms with Gasteiger partial charge in [0.05, 0.1) is 0 Å². The van der Waals surface area contributed by atoms with E-state index in [1.807, 2.05) is 32.0 Å². The molecular formula is C15H16N2O2. The van der Waals surface area contributed by atoms with E-state index in [0.29, 0.717) is 11.3 Å². The SMILES string of the molecule is Cc1ccc(C(=O)Nn2c(C)cc(C)cc2=O)cc1. The number of rotatable bonds is 2. The Morgan fingerprint density at radius 1 is 1.00 bits per heavy atom. The Morgan fingerprint density at radius 3 is 2.21 bits per heavy atom. The minimum Gasteiger partial charge on any atom is -0.267 e. The van der Waals surface area contributed by atoms with Crippen molar-refractivity contribution in [3.05, 3.63) is 69.1 Å². The van der Waals surface area contributed by atoms with Crippen molar-refractivity contribution in [2.45, 2.75) is 20.8 Å². The minimum atomic E-state index is -0.297. The summed E-state index contributed by atoms with van der Waals surface area (Å²) in [5, 5.41) is 0. The zero-order valence-electron chi connectivity index (χ0n) is 11.2. The molecular weight excluding hydrogens is 240 g/mol. The fraction of sp³-hybridized carbons (Fsp3) is 0.200. The Morgan fingerprint density at radius 2 is 1.63 bits per heavy atom. The number of benzene rings is 1. The van der Waals surface area contributed by atoms with E-state index in [2.05, 4.69) is 5.43 Å². The van der Waals surface area contributed by atoms with Crippen molar-refractivity contribution < 1.29 is 4.79 Å². The van der Waals surface area contributed by atoms with Gasteiger partial charge < -0.3 is 0 Å². The molecule has 0 radical (unpaired) electrons. The van der Waals surface area contributed by atoms with Crippen molar-refractivity contribution >= 4 is 5.91 Å². The molecule has 4 heteroatoms. The zero-order valence-corrected chi connectivity index (χ0v) is 11.2. The molecule has 1 heterocycles. The van der Waals surface area contributed by atoms with Crippen LogP contribution in [0.2, 0.25) is 0 Å². The first-order valence-electron chi connectivity index (χ1n) is 6.06. The summed E-state index contributed by atoms with van der Waals surface area (Å²) in [6, 6.07) is 10.5. The quantitative estimate of drug-likeness (QED) is 0.895. The first kappa shape index (κ1) is 13.1. The predicted molar refractivity (Wildman–Crippen MR) is 75.0 cm³/mol. The molecule has 4 nitrogen and oxygen atoms in total. The number of pyridine rings is 1. The van der Waals surface area contributed by atoms with Gasteiger partial charge in [0.15, 0.2) is 0 Å². The van der Waals surface area contributed by atoms with Crippen LogP contribution in [0.5, 0.6) is 0 Å². The Kier molecular flexibility index (Phi) is 3.51. The number of hydrogen-bond acceptors (Lipinski definition) is 2. The van der Waals surface area contributed by atoms with Gasteiger partial charge in [-0.2, -0.15) is 0 Å². The molecule has 2 aromatic rings. The summed E-state index contributed by atoms with van der Waals surface area (Å²) in [5.74, 6) is -0.297. The summed E-state index contributed by atoms with van der Waals surface area (Å²) in [4.78, 5) is 23.9. The molecule has 1 N–H and O–H groups in total. The van der Waals surface area contributed by atoms with Gasteiger partial charge in [-0.3, -0.25) is 15.0 Å². The van der Waals surface area contributed by atoms with E-state index in [0.717, 1.165) is 11.1 Å². The van der Waals surface area contributed by atoms with Crippen molar-refractivity contribution in [1.29, 1.82) is 0 Å². The highest BCUT2D eigenvalue weighted by Crippen LogP contribution is 2.04. The Hall–Kier alpha value is -2.36. The molecule has 0 aliphatic heterocycles. The predicted octanol–water partition coefficient (Wildman–Crippen LogP) is 2.16. The first-order valence-corrected chi connectivity index (χ1v) is 6.06. The van der Waals surface area contributed by atoms with Gasteiger partial charge in [0.1, 0.15) is 0 Å². The van der Waals surface area contributed by atoms with Gasteiger partial charge in [0.25, 0.3) is 11.5 Å². The molecule has 0 saturated heterocycles. The lowest BCUT2D eigenvalue weighted by Crippen LogP contribution is -2.34. The third-order valence-corrected chi connectivity index (χ3v) is 2.89. The van der Waals surface area contributed by atoms with Crippen LogP contribution in [0.25, 0.3) is 0 Å². The Bertz CT molecular complexity index is 670. The number of aromatic nitrogens is 1. The molecule has 1 amide bonds. The smallest absolute Gasteiger partial charge is 0.267 e. The summed E-state index contributed by atoms with van der Waals surface area (Å²) in [5.41, 5.74) is 5.56. The molecule has 0 saturated carbocycles. The molecule has 0 spiro atoms. The van der Waals surface area contributed by atoms with Crippen molar-refractivity contribution in [3.8, 4) is 0 Å². The molecule has 0 aliphatic rings. The van der Waals surface area contributed by atoms with E-state index >= 15 is 0 Å². The monoisotopic (exact) mass is 256 g/mol. The topological polar surface area (TPSA) is 51.1 Å². The van der Waals surface area contributed by atoms with Crippen molar-refractivity contribution in [2.75, 3.05) is 5.43 Å². The number of nitrogens with zero attached hydrogens (tertiary/aromatic N) is 1. The maximum atomic E-state index is 12.0. The molecule has 0 bridgehead atoms. The average Bonchev–Trinajstić information content (AvgIpc) is 2.34. The van der Waals surface area contributed by atoms with Crippen LogP contribution in [-0.4, -0.2) is 10.6 Å². The van der Waals surface area contributed by atoms with Crippen LogP contribution < -0.4 is 11.0 Å². The molecule has 1 aromatic heterocycles. The second-order valence-corrected chi connectivity index (χ2v) is 4.65. The maximum absolute atomic E-state index is 12.0. The third-order valence-electron chi connectivity index (χ3n) is 2.89. The van der Waals surface area contributed by atoms with Crippen molar-refractivity contribution in [3.63, 3.8) is 0 Å². The Balaban J connectivity index is 2.29. The molecule has 0 aliphatic carbocycles. The van der Waals surface area contributed by atoms with Gasteiger partial charge in [-0.15, -0.1) is 0 Å². The van der Waals surface area contributed by atoms with Crippen LogP contribution in [0.3, 0.4) is 0 Å². The van der Waals surface area contributed by atoms with Crippen LogP contribution in [0.4, 0.5) is 0 Å². The summed E-state index contributed by atoms with van der Waals surface area (Å²) < 4.78 is 1.26. The molecule has 2 rings (SSSR count). The fourth-order valence-corrected chi connectivity index (χ4v) is 1.88. The van der Waals surface area contributed by atoms with Gasteiger partial charge in [-0.05, 0) is 44.5 Å². The lowest BCUT2D eigenvalue weighted by molar-refractivity contribution is 0.101. The van der Waals surface area contributed by atoms with Crippen molar-refractivity contribution in [1.82, 2.24) is 4.68 Å². The van der Waals surface area contributed by atoms with E-state index in [4.69, 9.17) is 0 Å². The number of amides is 1. The normalized spacial score (nSPS) is 10.3. The summed E-state index contributed by atoms with van der Waals surface area (Å²) >= 11 is 0. The van der Waals surface area contributed by atoms with Crippen LogP contribution in [-0.2, 0) is 0 Å². The number of nitrogens with one attached hydrogen (secondary N) is 1. The number of hydrogen-bond donors (Lipinski definition) is 1. The van der Waals surface area contributed by atoms with Gasteiger partial charge in [0, 0.05) is 17.3 Å². The molecule has 0 fully saturated rings. The third kappa shape index (κ3) is 2.91. The van der Waals surface area contributed by atoms with Crippen LogP contribution in [0.15, 0.2) is 41.2 Å².